The van der Waals surface area contributed by atoms with Gasteiger partial charge in [0.25, 0.3) is 5.91 Å². The van der Waals surface area contributed by atoms with Crippen LogP contribution in [0.25, 0.3) is 0 Å². The maximum absolute atomic E-state index is 13.7. The molecule has 0 aliphatic heterocycles. The van der Waals surface area contributed by atoms with E-state index >= 15 is 0 Å². The number of nitrogens with zero attached hydrogens (tertiary/aromatic N) is 2. The summed E-state index contributed by atoms with van der Waals surface area (Å²) in [7, 11) is 1.63. The number of rotatable bonds is 3. The predicted molar refractivity (Wildman–Crippen MR) is 76.2 cm³/mol. The molecule has 0 N–H and O–H groups in total. The van der Waals surface area contributed by atoms with Crippen LogP contribution in [-0.2, 0) is 0 Å². The average Bonchev–Trinajstić information content (AvgIpc) is 2.48. The number of benzene rings is 1. The Labute approximate surface area is 122 Å². The molecular weight excluding hydrogens is 279 g/mol. The Morgan fingerprint density at radius 3 is 2.80 bits per heavy atom. The van der Waals surface area contributed by atoms with Crippen LogP contribution >= 0.6 is 11.6 Å². The second-order valence-corrected chi connectivity index (χ2v) is 4.94. The van der Waals surface area contributed by atoms with Gasteiger partial charge in [0.1, 0.15) is 5.82 Å². The van der Waals surface area contributed by atoms with Crippen molar-refractivity contribution in [3.8, 4) is 0 Å². The van der Waals surface area contributed by atoms with Crippen molar-refractivity contribution in [3.63, 3.8) is 0 Å². The van der Waals surface area contributed by atoms with E-state index in [4.69, 9.17) is 11.6 Å². The molecule has 1 atom stereocenters. The van der Waals surface area contributed by atoms with Gasteiger partial charge in [0.05, 0.1) is 11.6 Å². The van der Waals surface area contributed by atoms with E-state index < -0.39 is 11.7 Å². The number of hydrogen-bond donors (Lipinski definition) is 0. The molecule has 1 heterocycles. The molecule has 1 aromatic carbocycles. The molecule has 0 aliphatic carbocycles. The van der Waals surface area contributed by atoms with Crippen LogP contribution in [0, 0.1) is 5.82 Å². The molecular formula is C15H14ClFN2O. The minimum Gasteiger partial charge on any atom is -0.335 e. The summed E-state index contributed by atoms with van der Waals surface area (Å²) >= 11 is 5.81. The van der Waals surface area contributed by atoms with E-state index in [0.717, 1.165) is 5.56 Å². The van der Waals surface area contributed by atoms with Gasteiger partial charge >= 0.3 is 0 Å². The normalized spacial score (nSPS) is 12.0. The van der Waals surface area contributed by atoms with Gasteiger partial charge in [-0.3, -0.25) is 9.78 Å². The lowest BCUT2D eigenvalue weighted by atomic mass is 10.1. The highest BCUT2D eigenvalue weighted by molar-refractivity contribution is 6.31. The number of aromatic nitrogens is 1. The second kappa shape index (κ2) is 6.01. The maximum atomic E-state index is 13.7. The van der Waals surface area contributed by atoms with E-state index in [2.05, 4.69) is 4.98 Å². The SMILES string of the molecule is C[C@@H](c1cccnc1)N(C)C(=O)c1cc(Cl)ccc1F. The fraction of sp³-hybridized carbons (Fsp3) is 0.200. The smallest absolute Gasteiger partial charge is 0.257 e. The van der Waals surface area contributed by atoms with Crippen LogP contribution in [0.4, 0.5) is 4.39 Å². The molecule has 0 unspecified atom stereocenters. The van der Waals surface area contributed by atoms with Crippen LogP contribution in [0.1, 0.15) is 28.9 Å². The van der Waals surface area contributed by atoms with Crippen molar-refractivity contribution in [2.24, 2.45) is 0 Å². The minimum absolute atomic E-state index is 0.0317. The van der Waals surface area contributed by atoms with Crippen molar-refractivity contribution in [2.75, 3.05) is 7.05 Å². The van der Waals surface area contributed by atoms with Crippen LogP contribution in [0.2, 0.25) is 5.02 Å². The van der Waals surface area contributed by atoms with E-state index in [0.29, 0.717) is 5.02 Å². The molecule has 2 rings (SSSR count). The zero-order chi connectivity index (χ0) is 14.7. The Balaban J connectivity index is 2.27. The zero-order valence-electron chi connectivity index (χ0n) is 11.2. The molecule has 0 radical (unpaired) electrons. The van der Waals surface area contributed by atoms with Gasteiger partial charge in [-0.25, -0.2) is 4.39 Å². The first-order chi connectivity index (χ1) is 9.50. The molecule has 0 saturated heterocycles. The number of amides is 1. The van der Waals surface area contributed by atoms with Gasteiger partial charge in [0.15, 0.2) is 0 Å². The van der Waals surface area contributed by atoms with Crippen molar-refractivity contribution in [2.45, 2.75) is 13.0 Å². The van der Waals surface area contributed by atoms with Crippen molar-refractivity contribution in [1.29, 1.82) is 0 Å². The molecule has 0 aliphatic rings. The van der Waals surface area contributed by atoms with Crippen molar-refractivity contribution in [3.05, 3.63) is 64.7 Å². The van der Waals surface area contributed by atoms with E-state index in [1.807, 2.05) is 13.0 Å². The summed E-state index contributed by atoms with van der Waals surface area (Å²) in [6.07, 6.45) is 3.34. The first-order valence-electron chi connectivity index (χ1n) is 6.13. The molecule has 1 aromatic heterocycles. The second-order valence-electron chi connectivity index (χ2n) is 4.50. The van der Waals surface area contributed by atoms with E-state index in [-0.39, 0.29) is 11.6 Å². The molecule has 20 heavy (non-hydrogen) atoms. The Morgan fingerprint density at radius 2 is 2.15 bits per heavy atom. The molecule has 0 fully saturated rings. The summed E-state index contributed by atoms with van der Waals surface area (Å²) in [6, 6.07) is 7.40. The lowest BCUT2D eigenvalue weighted by Crippen LogP contribution is -2.30. The minimum atomic E-state index is -0.579. The van der Waals surface area contributed by atoms with Gasteiger partial charge < -0.3 is 4.90 Å². The number of pyridine rings is 1. The van der Waals surface area contributed by atoms with Gasteiger partial charge in [0.2, 0.25) is 0 Å². The fourth-order valence-corrected chi connectivity index (χ4v) is 2.05. The van der Waals surface area contributed by atoms with Gasteiger partial charge in [-0.1, -0.05) is 17.7 Å². The highest BCUT2D eigenvalue weighted by atomic mass is 35.5. The average molecular weight is 293 g/mol. The molecule has 0 spiro atoms. The van der Waals surface area contributed by atoms with Crippen LogP contribution in [0.5, 0.6) is 0 Å². The van der Waals surface area contributed by atoms with Gasteiger partial charge in [0, 0.05) is 24.5 Å². The third-order valence-electron chi connectivity index (χ3n) is 3.23. The highest BCUT2D eigenvalue weighted by Crippen LogP contribution is 2.22. The van der Waals surface area contributed by atoms with Crippen LogP contribution in [-0.4, -0.2) is 22.8 Å². The molecule has 104 valence electrons. The lowest BCUT2D eigenvalue weighted by molar-refractivity contribution is 0.0737. The summed E-state index contributed by atoms with van der Waals surface area (Å²) < 4.78 is 13.7. The van der Waals surface area contributed by atoms with Crippen LogP contribution in [0.3, 0.4) is 0 Å². The summed E-state index contributed by atoms with van der Waals surface area (Å²) in [5, 5.41) is 0.331. The number of halogens is 2. The summed E-state index contributed by atoms with van der Waals surface area (Å²) in [5.74, 6) is -0.994. The monoisotopic (exact) mass is 292 g/mol. The van der Waals surface area contributed by atoms with Gasteiger partial charge in [-0.2, -0.15) is 0 Å². The summed E-state index contributed by atoms with van der Waals surface area (Å²) in [6.45, 7) is 1.86. The molecule has 0 saturated carbocycles. The third-order valence-corrected chi connectivity index (χ3v) is 3.46. The maximum Gasteiger partial charge on any atom is 0.257 e. The number of carbonyl (C=O) groups is 1. The van der Waals surface area contributed by atoms with Crippen molar-refractivity contribution < 1.29 is 9.18 Å². The molecule has 1 amide bonds. The van der Waals surface area contributed by atoms with Crippen LogP contribution in [0.15, 0.2) is 42.7 Å². The van der Waals surface area contributed by atoms with Gasteiger partial charge in [-0.05, 0) is 36.8 Å². The Hall–Kier alpha value is -1.94. The predicted octanol–water partition coefficient (Wildman–Crippen LogP) is 3.71. The van der Waals surface area contributed by atoms with E-state index in [1.54, 1.807) is 25.5 Å². The number of carbonyl (C=O) groups excluding carboxylic acids is 1. The molecule has 3 nitrogen and oxygen atoms in total. The summed E-state index contributed by atoms with van der Waals surface area (Å²) in [4.78, 5) is 17.8. The standard InChI is InChI=1S/C15H14ClFN2O/c1-10(11-4-3-7-18-9-11)19(2)15(20)13-8-12(16)5-6-14(13)17/h3-10H,1-2H3/t10-/m0/s1. The zero-order valence-corrected chi connectivity index (χ0v) is 11.9. The topological polar surface area (TPSA) is 33.2 Å². The van der Waals surface area contributed by atoms with Gasteiger partial charge in [-0.15, -0.1) is 0 Å². The third kappa shape index (κ3) is 2.96. The molecule has 2 aromatic rings. The first-order valence-corrected chi connectivity index (χ1v) is 6.50. The molecule has 5 heteroatoms. The van der Waals surface area contributed by atoms with E-state index in [1.165, 1.54) is 23.1 Å². The van der Waals surface area contributed by atoms with Crippen molar-refractivity contribution >= 4 is 17.5 Å². The number of hydrogen-bond acceptors (Lipinski definition) is 2. The largest absolute Gasteiger partial charge is 0.335 e. The fourth-order valence-electron chi connectivity index (χ4n) is 1.87. The lowest BCUT2D eigenvalue weighted by Gasteiger charge is -2.25. The Morgan fingerprint density at radius 1 is 1.40 bits per heavy atom. The first kappa shape index (κ1) is 14.5. The van der Waals surface area contributed by atoms with Crippen LogP contribution < -0.4 is 0 Å². The van der Waals surface area contributed by atoms with E-state index in [9.17, 15) is 9.18 Å². The Kier molecular flexibility index (Phi) is 4.35. The van der Waals surface area contributed by atoms with Crippen molar-refractivity contribution in [1.82, 2.24) is 9.88 Å². The Bertz CT molecular complexity index is 619. The molecule has 0 bridgehead atoms. The summed E-state index contributed by atoms with van der Waals surface area (Å²) in [5.41, 5.74) is 0.849. The highest BCUT2D eigenvalue weighted by Gasteiger charge is 2.21. The quantitative estimate of drug-likeness (QED) is 0.864.